The average molecular weight is 564 g/mol. The van der Waals surface area contributed by atoms with Crippen molar-refractivity contribution in [2.24, 2.45) is 0 Å². The largest absolute Gasteiger partial charge is 0.466 e. The van der Waals surface area contributed by atoms with Gasteiger partial charge in [0.25, 0.3) is 0 Å². The van der Waals surface area contributed by atoms with E-state index in [1.54, 1.807) is 0 Å². The van der Waals surface area contributed by atoms with E-state index in [4.69, 9.17) is 37.9 Å². The summed E-state index contributed by atoms with van der Waals surface area (Å²) >= 11 is 0. The second kappa shape index (κ2) is 15.6. The summed E-state index contributed by atoms with van der Waals surface area (Å²) in [6, 6.07) is 0. The minimum Gasteiger partial charge on any atom is -0.466 e. The first-order valence-electron chi connectivity index (χ1n) is 11.5. The van der Waals surface area contributed by atoms with Crippen LogP contribution in [0.15, 0.2) is 0 Å². The Labute approximate surface area is 223 Å². The molecule has 7 atom stereocenters. The highest BCUT2D eigenvalue weighted by molar-refractivity contribution is 5.79. The third-order valence-corrected chi connectivity index (χ3v) is 4.75. The lowest BCUT2D eigenvalue weighted by Gasteiger charge is -2.44. The molecular formula is C23H32O16. The Hall–Kier alpha value is -3.79. The summed E-state index contributed by atoms with van der Waals surface area (Å²) in [4.78, 5) is 82.6. The first-order valence-corrected chi connectivity index (χ1v) is 11.5. The van der Waals surface area contributed by atoms with Crippen molar-refractivity contribution in [1.29, 1.82) is 0 Å². The maximum atomic E-state index is 12.3. The molecule has 1 rings (SSSR count). The molecule has 0 aromatic heterocycles. The maximum absolute atomic E-state index is 12.3. The SMILES string of the molecule is COC(=O)[C@H](OC(C)=O)[C@@H](CO[C@H]1O[C@H](COC(C)=O)[C@@H](OC(C)=O)[C@H](OC(C)=O)[C@H]1OC(C)=O)OC(C)=O. The van der Waals surface area contributed by atoms with E-state index in [2.05, 4.69) is 4.74 Å². The number of ether oxygens (including phenoxy) is 9. The van der Waals surface area contributed by atoms with Crippen molar-refractivity contribution < 1.29 is 76.2 Å². The molecule has 0 bridgehead atoms. The number of carbonyl (C=O) groups excluding carboxylic acids is 7. The lowest BCUT2D eigenvalue weighted by atomic mass is 9.98. The zero-order valence-corrected chi connectivity index (χ0v) is 22.5. The molecule has 0 N–H and O–H groups in total. The second-order valence-electron chi connectivity index (χ2n) is 8.10. The van der Waals surface area contributed by atoms with Gasteiger partial charge in [0.1, 0.15) is 12.7 Å². The summed E-state index contributed by atoms with van der Waals surface area (Å²) < 4.78 is 46.8. The van der Waals surface area contributed by atoms with Crippen molar-refractivity contribution in [1.82, 2.24) is 0 Å². The van der Waals surface area contributed by atoms with Gasteiger partial charge < -0.3 is 42.6 Å². The molecule has 1 saturated heterocycles. The van der Waals surface area contributed by atoms with E-state index in [1.807, 2.05) is 0 Å². The zero-order valence-electron chi connectivity index (χ0n) is 22.5. The Bertz CT molecular complexity index is 929. The number of hydrogen-bond acceptors (Lipinski definition) is 16. The third-order valence-electron chi connectivity index (χ3n) is 4.75. The van der Waals surface area contributed by atoms with Crippen LogP contribution in [0.25, 0.3) is 0 Å². The van der Waals surface area contributed by atoms with Crippen LogP contribution in [0, 0.1) is 0 Å². The van der Waals surface area contributed by atoms with E-state index in [0.29, 0.717) is 0 Å². The van der Waals surface area contributed by atoms with Gasteiger partial charge in [0.05, 0.1) is 13.7 Å². The maximum Gasteiger partial charge on any atom is 0.351 e. The van der Waals surface area contributed by atoms with Crippen LogP contribution in [-0.2, 0) is 76.2 Å². The fourth-order valence-electron chi connectivity index (χ4n) is 3.48. The predicted octanol–water partition coefficient (Wildman–Crippen LogP) is -0.877. The standard InChI is InChI=1S/C23H32O16/c1-10(24)32-8-16-18(35-12(3)26)20(37-14(5)28)21(38-15(6)29)23(39-16)33-9-17(34-11(2)25)19(22(30)31-7)36-13(4)27/h16-21,23H,8-9H2,1-7H3/t16-,17-,18-,19-,20+,21-,23+/m1/s1. The van der Waals surface area contributed by atoms with E-state index < -0.39 is 97.9 Å². The smallest absolute Gasteiger partial charge is 0.351 e. The summed E-state index contributed by atoms with van der Waals surface area (Å²) in [5, 5.41) is 0. The van der Waals surface area contributed by atoms with Crippen LogP contribution < -0.4 is 0 Å². The lowest BCUT2D eigenvalue weighted by molar-refractivity contribution is -0.312. The molecule has 0 unspecified atom stereocenters. The molecule has 0 amide bonds. The molecule has 220 valence electrons. The Morgan fingerprint density at radius 1 is 0.667 bits per heavy atom. The highest BCUT2D eigenvalue weighted by Crippen LogP contribution is 2.30. The molecule has 1 fully saturated rings. The van der Waals surface area contributed by atoms with Gasteiger partial charge in [-0.25, -0.2) is 4.79 Å². The van der Waals surface area contributed by atoms with Crippen LogP contribution in [0.2, 0.25) is 0 Å². The molecule has 1 aliphatic rings. The van der Waals surface area contributed by atoms with E-state index >= 15 is 0 Å². The fraction of sp³-hybridized carbons (Fsp3) is 0.696. The van der Waals surface area contributed by atoms with Crippen molar-refractivity contribution in [3.05, 3.63) is 0 Å². The minimum atomic E-state index is -1.76. The van der Waals surface area contributed by atoms with Gasteiger partial charge in [-0.3, -0.25) is 28.8 Å². The van der Waals surface area contributed by atoms with E-state index in [0.717, 1.165) is 48.7 Å². The highest BCUT2D eigenvalue weighted by Gasteiger charge is 2.53. The van der Waals surface area contributed by atoms with Gasteiger partial charge in [0.2, 0.25) is 6.10 Å². The first kappa shape index (κ1) is 33.2. The molecule has 0 aromatic rings. The van der Waals surface area contributed by atoms with E-state index in [1.165, 1.54) is 0 Å². The lowest BCUT2D eigenvalue weighted by Crippen LogP contribution is -2.63. The Morgan fingerprint density at radius 2 is 1.18 bits per heavy atom. The normalized spacial score (nSPS) is 23.7. The number of esters is 7. The summed E-state index contributed by atoms with van der Waals surface area (Å²) in [7, 11) is 1.00. The number of methoxy groups -OCH3 is 1. The van der Waals surface area contributed by atoms with Crippen LogP contribution >= 0.6 is 0 Å². The van der Waals surface area contributed by atoms with Gasteiger partial charge in [-0.05, 0) is 0 Å². The van der Waals surface area contributed by atoms with Crippen molar-refractivity contribution in [2.75, 3.05) is 20.3 Å². The van der Waals surface area contributed by atoms with E-state index in [-0.39, 0.29) is 0 Å². The van der Waals surface area contributed by atoms with Crippen LogP contribution in [0.3, 0.4) is 0 Å². The van der Waals surface area contributed by atoms with Crippen molar-refractivity contribution in [3.63, 3.8) is 0 Å². The van der Waals surface area contributed by atoms with Gasteiger partial charge in [0, 0.05) is 41.5 Å². The molecule has 0 aromatic carbocycles. The summed E-state index contributed by atoms with van der Waals surface area (Å²) in [6.45, 7) is 5.04. The van der Waals surface area contributed by atoms with Gasteiger partial charge in [-0.2, -0.15) is 0 Å². The predicted molar refractivity (Wildman–Crippen MR) is 121 cm³/mol. The summed E-state index contributed by atoms with van der Waals surface area (Å²) in [5.74, 6) is -6.16. The third kappa shape index (κ3) is 11.2. The summed E-state index contributed by atoms with van der Waals surface area (Å²) in [6.07, 6.45) is -10.8. The molecule has 0 saturated carbocycles. The fourth-order valence-corrected chi connectivity index (χ4v) is 3.48. The molecule has 1 aliphatic heterocycles. The quantitative estimate of drug-likeness (QED) is 0.209. The van der Waals surface area contributed by atoms with Gasteiger partial charge >= 0.3 is 41.8 Å². The minimum absolute atomic E-state index is 0.511. The highest BCUT2D eigenvalue weighted by atomic mass is 16.7. The summed E-state index contributed by atoms with van der Waals surface area (Å²) in [5.41, 5.74) is 0. The Balaban J connectivity index is 3.45. The molecular weight excluding hydrogens is 532 g/mol. The second-order valence-corrected chi connectivity index (χ2v) is 8.10. The van der Waals surface area contributed by atoms with Crippen LogP contribution in [0.1, 0.15) is 41.5 Å². The van der Waals surface area contributed by atoms with Gasteiger partial charge in [0.15, 0.2) is 30.7 Å². The van der Waals surface area contributed by atoms with Crippen LogP contribution in [-0.4, -0.2) is 105 Å². The molecule has 0 aliphatic carbocycles. The molecule has 0 radical (unpaired) electrons. The Morgan fingerprint density at radius 3 is 1.64 bits per heavy atom. The average Bonchev–Trinajstić information content (AvgIpc) is 2.80. The van der Waals surface area contributed by atoms with Crippen LogP contribution in [0.5, 0.6) is 0 Å². The van der Waals surface area contributed by atoms with Crippen molar-refractivity contribution in [3.8, 4) is 0 Å². The monoisotopic (exact) mass is 564 g/mol. The van der Waals surface area contributed by atoms with Crippen LogP contribution in [0.4, 0.5) is 0 Å². The molecule has 16 heteroatoms. The number of hydrogen-bond donors (Lipinski definition) is 0. The first-order chi connectivity index (χ1) is 18.2. The van der Waals surface area contributed by atoms with Gasteiger partial charge in [-0.15, -0.1) is 0 Å². The molecule has 39 heavy (non-hydrogen) atoms. The molecule has 0 spiro atoms. The zero-order chi connectivity index (χ0) is 29.9. The van der Waals surface area contributed by atoms with E-state index in [9.17, 15) is 33.6 Å². The topological polar surface area (TPSA) is 203 Å². The number of rotatable bonds is 12. The van der Waals surface area contributed by atoms with Gasteiger partial charge in [-0.1, -0.05) is 0 Å². The number of carbonyl (C=O) groups is 7. The Kier molecular flexibility index (Phi) is 13.3. The van der Waals surface area contributed by atoms with Crippen molar-refractivity contribution >= 4 is 41.8 Å². The molecule has 16 nitrogen and oxygen atoms in total. The van der Waals surface area contributed by atoms with Crippen molar-refractivity contribution in [2.45, 2.75) is 84.5 Å². The molecule has 1 heterocycles.